The summed E-state index contributed by atoms with van der Waals surface area (Å²) in [5.74, 6) is -3.54. The molecule has 96 heavy (non-hydrogen) atoms. The van der Waals surface area contributed by atoms with Gasteiger partial charge < -0.3 is 61.6 Å². The smallest absolute Gasteiger partial charge is 0.347 e. The molecule has 26 heteroatoms. The zero-order valence-corrected chi connectivity index (χ0v) is 58.0. The van der Waals surface area contributed by atoms with Gasteiger partial charge in [-0.15, -0.1) is 0 Å². The number of hydrogen-bond donors (Lipinski definition) is 0. The Labute approximate surface area is 560 Å². The Hall–Kier alpha value is -6.91. The zero-order chi connectivity index (χ0) is 70.7. The molecule has 0 N–H and O–H groups in total. The standard InChI is InChI=1S/C17H21NO6.C16H22O6.C14H20O4.C13H18O5.C10H16O4/c1-4-16(2,3)14(20)22-7-11(19)23-12-9-5-10-13(12)24-15(21)17(10,6-9)8-18;1-4-16(2,3)15(19)20-7-11(17)21-12-8-5-9-10(6-8)14(18)22-13(9)12;1-4-14(2,3)13(16)18-10-7-5-8-9(6-7)12(15)17-11(8)10;1-4-13(2,3)12(15)18-9-7-5-6-8(16-7)10(9)17-11(6)14;1-4-10(2,3)9(12)14-7-5-6-13-8(7)11/h9-10,12-13H,4-7H2,1-3H3;8-10,12-13H,4-7H2,1-3H3;7-11H,4-6H2,1-3H3;6-10H,4-5H2,1-3H3;7H,4-6H2,1-3H3. The third-order valence-electron chi connectivity index (χ3n) is 23.4. The second-order valence-electron chi connectivity index (χ2n) is 31.3. The van der Waals surface area contributed by atoms with Crippen LogP contribution in [0, 0.1) is 97.1 Å². The first-order chi connectivity index (χ1) is 44.9. The van der Waals surface area contributed by atoms with Crippen LogP contribution >= 0.6 is 0 Å². The number of carbonyl (C=O) groups is 12. The van der Waals surface area contributed by atoms with E-state index in [0.29, 0.717) is 69.8 Å². The lowest BCUT2D eigenvalue weighted by Crippen LogP contribution is -2.42. The summed E-state index contributed by atoms with van der Waals surface area (Å²) >= 11 is 0. The van der Waals surface area contributed by atoms with Crippen LogP contribution in [0.3, 0.4) is 0 Å². The third-order valence-corrected chi connectivity index (χ3v) is 23.4. The molecule has 7 heterocycles. The Morgan fingerprint density at radius 2 is 0.875 bits per heavy atom. The second-order valence-corrected chi connectivity index (χ2v) is 31.3. The largest absolute Gasteiger partial charge is 0.463 e. The van der Waals surface area contributed by atoms with Crippen LogP contribution < -0.4 is 0 Å². The van der Waals surface area contributed by atoms with Crippen LogP contribution in [-0.2, 0) is 119 Å². The maximum Gasteiger partial charge on any atom is 0.347 e. The average molecular weight is 1350 g/mol. The first-order valence-electron chi connectivity index (χ1n) is 34.4. The third kappa shape index (κ3) is 14.1. The van der Waals surface area contributed by atoms with Crippen LogP contribution in [0.25, 0.3) is 0 Å². The number of rotatable bonds is 19. The van der Waals surface area contributed by atoms with Gasteiger partial charge in [0.05, 0.1) is 63.6 Å². The molecule has 0 aromatic carbocycles. The van der Waals surface area contributed by atoms with Crippen LogP contribution in [0.5, 0.6) is 0 Å². The molecule has 0 amide bonds. The molecular weight excluding hydrogens is 1250 g/mol. The van der Waals surface area contributed by atoms with Gasteiger partial charge >= 0.3 is 71.6 Å². The van der Waals surface area contributed by atoms with E-state index < -0.39 is 105 Å². The van der Waals surface area contributed by atoms with Gasteiger partial charge in [0.2, 0.25) is 6.10 Å². The molecule has 0 aromatic heterocycles. The summed E-state index contributed by atoms with van der Waals surface area (Å²) in [7, 11) is 0. The van der Waals surface area contributed by atoms with Crippen LogP contribution in [0.4, 0.5) is 0 Å². The molecule has 13 rings (SSSR count). The van der Waals surface area contributed by atoms with Crippen molar-refractivity contribution in [3.05, 3.63) is 0 Å². The van der Waals surface area contributed by atoms with Gasteiger partial charge in [-0.1, -0.05) is 34.6 Å². The van der Waals surface area contributed by atoms with Gasteiger partial charge in [-0.25, -0.2) is 14.4 Å². The van der Waals surface area contributed by atoms with E-state index in [1.807, 2.05) is 62.3 Å². The topological polar surface area (TPSA) is 349 Å². The van der Waals surface area contributed by atoms with Gasteiger partial charge in [-0.2, -0.15) is 5.26 Å². The number of ether oxygens (including phenoxy) is 13. The minimum Gasteiger partial charge on any atom is -0.463 e. The maximum atomic E-state index is 12.1. The van der Waals surface area contributed by atoms with Crippen LogP contribution in [-0.4, -0.2) is 159 Å². The summed E-state index contributed by atoms with van der Waals surface area (Å²) in [5.41, 5.74) is -3.81. The molecule has 6 saturated carbocycles. The molecule has 13 aliphatic rings. The van der Waals surface area contributed by atoms with Crippen molar-refractivity contribution in [2.75, 3.05) is 19.8 Å². The zero-order valence-electron chi connectivity index (χ0n) is 58.0. The number of carbonyl (C=O) groups excluding carboxylic acids is 12. The molecule has 8 bridgehead atoms. The second kappa shape index (κ2) is 27.8. The fraction of sp³-hybridized carbons (Fsp3) is 0.814. The fourth-order valence-electron chi connectivity index (χ4n) is 15.0. The molecule has 13 fully saturated rings. The maximum absolute atomic E-state index is 12.1. The molecule has 0 aromatic rings. The quantitative estimate of drug-likeness (QED) is 0.0922. The lowest BCUT2D eigenvalue weighted by molar-refractivity contribution is -0.172. The Morgan fingerprint density at radius 3 is 1.32 bits per heavy atom. The normalized spacial score (nSPS) is 35.8. The van der Waals surface area contributed by atoms with Crippen LogP contribution in [0.1, 0.15) is 187 Å². The van der Waals surface area contributed by atoms with E-state index in [1.165, 1.54) is 0 Å². The summed E-state index contributed by atoms with van der Waals surface area (Å²) in [4.78, 5) is 141. The van der Waals surface area contributed by atoms with Gasteiger partial charge in [0.15, 0.2) is 30.8 Å². The molecule has 21 unspecified atom stereocenters. The Balaban J connectivity index is 0.000000142. The van der Waals surface area contributed by atoms with E-state index in [9.17, 15) is 62.8 Å². The molecule has 6 aliphatic carbocycles. The predicted octanol–water partition coefficient (Wildman–Crippen LogP) is 7.06. The lowest BCUT2D eigenvalue weighted by Gasteiger charge is -2.29. The fourth-order valence-corrected chi connectivity index (χ4v) is 15.0. The Morgan fingerprint density at radius 1 is 0.458 bits per heavy atom. The molecule has 7 aliphatic heterocycles. The van der Waals surface area contributed by atoms with Crippen molar-refractivity contribution >= 4 is 71.6 Å². The summed E-state index contributed by atoms with van der Waals surface area (Å²) in [5, 5.41) is 9.33. The van der Waals surface area contributed by atoms with Gasteiger partial charge in [0.25, 0.3) is 0 Å². The van der Waals surface area contributed by atoms with Crippen molar-refractivity contribution in [1.29, 1.82) is 5.26 Å². The molecule has 532 valence electrons. The molecular formula is C70H97NO25. The Kier molecular flexibility index (Phi) is 21.2. The molecule has 26 nitrogen and oxygen atoms in total. The van der Waals surface area contributed by atoms with Crippen molar-refractivity contribution in [2.45, 2.75) is 254 Å². The van der Waals surface area contributed by atoms with Crippen molar-refractivity contribution in [3.8, 4) is 6.07 Å². The minimum absolute atomic E-state index is 0.00636. The summed E-state index contributed by atoms with van der Waals surface area (Å²) in [6, 6.07) is 2.10. The van der Waals surface area contributed by atoms with E-state index >= 15 is 0 Å². The highest BCUT2D eigenvalue weighted by Gasteiger charge is 2.73. The van der Waals surface area contributed by atoms with Gasteiger partial charge in [0, 0.05) is 41.9 Å². The molecule has 7 saturated heterocycles. The van der Waals surface area contributed by atoms with Crippen LogP contribution in [0.15, 0.2) is 0 Å². The lowest BCUT2D eigenvalue weighted by atomic mass is 9.75. The molecule has 0 spiro atoms. The number of cyclic esters (lactones) is 1. The Bertz CT molecular complexity index is 3050. The molecule has 0 radical (unpaired) electrons. The van der Waals surface area contributed by atoms with Gasteiger partial charge in [-0.3, -0.25) is 43.2 Å². The number of fused-ring (bicyclic) bond motifs is 4. The number of hydrogen-bond acceptors (Lipinski definition) is 26. The highest BCUT2D eigenvalue weighted by molar-refractivity contribution is 5.86. The minimum atomic E-state index is -1.06. The van der Waals surface area contributed by atoms with Crippen molar-refractivity contribution in [3.63, 3.8) is 0 Å². The SMILES string of the molecule is CCC(C)(C)C(=O)OC1C2CC3C(=O)OC1C3C2.CCC(C)(C)C(=O)OC1C2CC3C(=O)OC1C3O2.CCC(C)(C)C(=O)OC1CCOC1=O.CCC(C)(C)C(=O)OCC(=O)OC1C2CC3C(=O)OC1C3C2.CCC(C)(C)C(=O)OCC(=O)OC1C2CC3C1OC(=O)C3(C#N)C2. The highest BCUT2D eigenvalue weighted by atomic mass is 16.7. The van der Waals surface area contributed by atoms with E-state index in [-0.39, 0.29) is 120 Å². The molecule has 21 atom stereocenters. The summed E-state index contributed by atoms with van der Waals surface area (Å²) in [6.07, 6.45) is 4.88. The van der Waals surface area contributed by atoms with E-state index in [1.54, 1.807) is 41.5 Å². The monoisotopic (exact) mass is 1350 g/mol. The van der Waals surface area contributed by atoms with Crippen molar-refractivity contribution in [1.82, 2.24) is 0 Å². The van der Waals surface area contributed by atoms with Gasteiger partial charge in [-0.05, 0) is 146 Å². The van der Waals surface area contributed by atoms with Gasteiger partial charge in [0.1, 0.15) is 42.7 Å². The van der Waals surface area contributed by atoms with Crippen molar-refractivity contribution < 1.29 is 119 Å². The predicted molar refractivity (Wildman–Crippen MR) is 327 cm³/mol. The average Bonchev–Trinajstić information content (AvgIpc) is 1.55. The van der Waals surface area contributed by atoms with E-state index in [4.69, 9.17) is 61.6 Å². The summed E-state index contributed by atoms with van der Waals surface area (Å²) in [6.45, 7) is 27.2. The summed E-state index contributed by atoms with van der Waals surface area (Å²) < 4.78 is 68.8. The van der Waals surface area contributed by atoms with E-state index in [0.717, 1.165) is 32.1 Å². The van der Waals surface area contributed by atoms with Crippen molar-refractivity contribution in [2.24, 2.45) is 85.8 Å². The first-order valence-corrected chi connectivity index (χ1v) is 34.4. The van der Waals surface area contributed by atoms with Crippen LogP contribution in [0.2, 0.25) is 0 Å². The highest BCUT2D eigenvalue weighted by Crippen LogP contribution is 2.62. The number of nitrogens with zero attached hydrogens (tertiary/aromatic N) is 1. The first kappa shape index (κ1) is 73.3. The number of esters is 12. The number of nitriles is 1. The van der Waals surface area contributed by atoms with E-state index in [2.05, 4.69) is 6.07 Å².